The maximum atomic E-state index is 13.6. The van der Waals surface area contributed by atoms with Crippen LogP contribution in [-0.4, -0.2) is 41.8 Å². The van der Waals surface area contributed by atoms with E-state index in [4.69, 9.17) is 4.74 Å². The molecular formula is C23H23F3N4O. The van der Waals surface area contributed by atoms with Gasteiger partial charge in [0.15, 0.2) is 0 Å². The van der Waals surface area contributed by atoms with Crippen LogP contribution >= 0.6 is 0 Å². The van der Waals surface area contributed by atoms with Crippen molar-refractivity contribution in [2.75, 3.05) is 25.1 Å². The number of piperazine rings is 1. The summed E-state index contributed by atoms with van der Waals surface area (Å²) < 4.78 is 46.5. The normalized spacial score (nSPS) is 21.0. The fraction of sp³-hybridized carbons (Fsp3) is 0.348. The molecule has 2 aromatic carbocycles. The summed E-state index contributed by atoms with van der Waals surface area (Å²) in [6.07, 6.45) is -3.41. The quantitative estimate of drug-likeness (QED) is 0.618. The Labute approximate surface area is 178 Å². The average Bonchev–Trinajstić information content (AvgIpc) is 3.35. The molecule has 0 aliphatic carbocycles. The Kier molecular flexibility index (Phi) is 4.98. The SMILES string of the molecule is Cc1cc(Nc2cc(OCN3CC4CC3CN4)cc(C(F)(F)F)c2)c2ccccc2n1. The zero-order valence-electron chi connectivity index (χ0n) is 17.0. The average molecular weight is 428 g/mol. The van der Waals surface area contributed by atoms with Gasteiger partial charge in [0.25, 0.3) is 0 Å². The lowest BCUT2D eigenvalue weighted by atomic mass is 10.1. The topological polar surface area (TPSA) is 49.4 Å². The van der Waals surface area contributed by atoms with Gasteiger partial charge in [-0.2, -0.15) is 13.2 Å². The molecule has 2 fully saturated rings. The predicted molar refractivity (Wildman–Crippen MR) is 114 cm³/mol. The van der Waals surface area contributed by atoms with E-state index in [2.05, 4.69) is 20.5 Å². The van der Waals surface area contributed by atoms with E-state index in [1.807, 2.05) is 37.3 Å². The minimum Gasteiger partial charge on any atom is -0.478 e. The number of aromatic nitrogens is 1. The maximum Gasteiger partial charge on any atom is 0.416 e. The number of likely N-dealkylation sites (tertiary alicyclic amines) is 1. The van der Waals surface area contributed by atoms with E-state index < -0.39 is 11.7 Å². The molecule has 0 spiro atoms. The molecule has 0 amide bonds. The predicted octanol–water partition coefficient (Wildman–Crippen LogP) is 4.69. The number of anilines is 2. The van der Waals surface area contributed by atoms with Gasteiger partial charge in [-0.25, -0.2) is 0 Å². The summed E-state index contributed by atoms with van der Waals surface area (Å²) in [6.45, 7) is 3.90. The van der Waals surface area contributed by atoms with E-state index in [-0.39, 0.29) is 12.5 Å². The molecule has 5 nitrogen and oxygen atoms in total. The lowest BCUT2D eigenvalue weighted by Gasteiger charge is -2.27. The number of nitrogens with zero attached hydrogens (tertiary/aromatic N) is 2. The molecule has 5 rings (SSSR count). The van der Waals surface area contributed by atoms with Crippen molar-refractivity contribution in [3.63, 3.8) is 0 Å². The first-order valence-electron chi connectivity index (χ1n) is 10.3. The van der Waals surface area contributed by atoms with Crippen molar-refractivity contribution >= 4 is 22.3 Å². The molecule has 2 saturated heterocycles. The largest absolute Gasteiger partial charge is 0.478 e. The summed E-state index contributed by atoms with van der Waals surface area (Å²) in [5.41, 5.74) is 1.85. The van der Waals surface area contributed by atoms with Crippen LogP contribution in [0.25, 0.3) is 10.9 Å². The zero-order chi connectivity index (χ0) is 21.6. The van der Waals surface area contributed by atoms with Gasteiger partial charge < -0.3 is 15.4 Å². The van der Waals surface area contributed by atoms with E-state index in [0.29, 0.717) is 23.5 Å². The monoisotopic (exact) mass is 428 g/mol. The van der Waals surface area contributed by atoms with Crippen LogP contribution in [0.4, 0.5) is 24.5 Å². The number of halogens is 3. The Balaban J connectivity index is 1.43. The van der Waals surface area contributed by atoms with Crippen molar-refractivity contribution in [3.8, 4) is 5.75 Å². The Morgan fingerprint density at radius 1 is 1.19 bits per heavy atom. The van der Waals surface area contributed by atoms with Crippen LogP contribution in [0.1, 0.15) is 17.7 Å². The van der Waals surface area contributed by atoms with Gasteiger partial charge in [-0.3, -0.25) is 9.88 Å². The number of rotatable bonds is 5. The number of nitrogens with one attached hydrogen (secondary N) is 2. The first-order chi connectivity index (χ1) is 14.8. The van der Waals surface area contributed by atoms with Gasteiger partial charge in [0.2, 0.25) is 0 Å². The van der Waals surface area contributed by atoms with E-state index in [1.54, 1.807) is 6.07 Å². The Hall–Kier alpha value is -2.84. The standard InChI is InChI=1S/C23H23F3N4O/c1-14-6-22(20-4-2-3-5-21(20)28-14)29-16-7-15(23(24,25)26)8-19(10-16)31-13-30-12-17-9-18(30)11-27-17/h2-8,10,17-18,27H,9,11-13H2,1H3,(H,28,29). The van der Waals surface area contributed by atoms with Crippen molar-refractivity contribution in [2.45, 2.75) is 31.6 Å². The maximum absolute atomic E-state index is 13.6. The van der Waals surface area contributed by atoms with Gasteiger partial charge in [0.05, 0.1) is 11.1 Å². The van der Waals surface area contributed by atoms with Gasteiger partial charge in [-0.05, 0) is 37.6 Å². The van der Waals surface area contributed by atoms with Crippen LogP contribution < -0.4 is 15.4 Å². The van der Waals surface area contributed by atoms with Gasteiger partial charge in [0.1, 0.15) is 12.5 Å². The third kappa shape index (κ3) is 4.18. The number of alkyl halides is 3. The van der Waals surface area contributed by atoms with Crippen LogP contribution in [0.3, 0.4) is 0 Å². The molecule has 3 aromatic rings. The molecule has 1 aromatic heterocycles. The minimum absolute atomic E-state index is 0.197. The van der Waals surface area contributed by atoms with Crippen molar-refractivity contribution in [3.05, 3.63) is 59.8 Å². The fourth-order valence-corrected chi connectivity index (χ4v) is 4.45. The lowest BCUT2D eigenvalue weighted by Crippen LogP contribution is -2.45. The molecular weight excluding hydrogens is 405 g/mol. The van der Waals surface area contributed by atoms with Crippen molar-refractivity contribution in [1.29, 1.82) is 0 Å². The highest BCUT2D eigenvalue weighted by molar-refractivity contribution is 5.93. The molecule has 2 aliphatic rings. The van der Waals surface area contributed by atoms with Crippen LogP contribution in [0.2, 0.25) is 0 Å². The second-order valence-electron chi connectivity index (χ2n) is 8.24. The number of aryl methyl sites for hydroxylation is 1. The number of hydrogen-bond acceptors (Lipinski definition) is 5. The van der Waals surface area contributed by atoms with Crippen LogP contribution in [0.15, 0.2) is 48.5 Å². The molecule has 162 valence electrons. The molecule has 2 aliphatic heterocycles. The smallest absolute Gasteiger partial charge is 0.416 e. The fourth-order valence-electron chi connectivity index (χ4n) is 4.45. The Morgan fingerprint density at radius 3 is 2.77 bits per heavy atom. The number of benzene rings is 2. The lowest BCUT2D eigenvalue weighted by molar-refractivity contribution is -0.137. The first-order valence-corrected chi connectivity index (χ1v) is 10.3. The summed E-state index contributed by atoms with van der Waals surface area (Å²) in [5, 5.41) is 7.40. The molecule has 2 atom stereocenters. The van der Waals surface area contributed by atoms with E-state index >= 15 is 0 Å². The van der Waals surface area contributed by atoms with Crippen LogP contribution in [0.5, 0.6) is 5.75 Å². The summed E-state index contributed by atoms with van der Waals surface area (Å²) in [4.78, 5) is 6.66. The highest BCUT2D eigenvalue weighted by Crippen LogP contribution is 2.36. The van der Waals surface area contributed by atoms with Crippen molar-refractivity contribution in [2.24, 2.45) is 0 Å². The van der Waals surface area contributed by atoms with E-state index in [1.165, 1.54) is 0 Å². The Morgan fingerprint density at radius 2 is 2.03 bits per heavy atom. The molecule has 2 N–H and O–H groups in total. The van der Waals surface area contributed by atoms with E-state index in [9.17, 15) is 13.2 Å². The summed E-state index contributed by atoms with van der Waals surface area (Å²) in [6, 6.07) is 14.0. The second kappa shape index (κ2) is 7.69. The van der Waals surface area contributed by atoms with Crippen LogP contribution in [0, 0.1) is 6.92 Å². The summed E-state index contributed by atoms with van der Waals surface area (Å²) in [7, 11) is 0. The number of pyridine rings is 1. The van der Waals surface area contributed by atoms with Crippen LogP contribution in [-0.2, 0) is 6.18 Å². The first kappa shape index (κ1) is 20.1. The van der Waals surface area contributed by atoms with Gasteiger partial charge in [0, 0.05) is 53.7 Å². The van der Waals surface area contributed by atoms with Gasteiger partial charge in [-0.15, -0.1) is 0 Å². The number of fused-ring (bicyclic) bond motifs is 3. The molecule has 3 heterocycles. The third-order valence-corrected chi connectivity index (χ3v) is 5.92. The minimum atomic E-state index is -4.47. The summed E-state index contributed by atoms with van der Waals surface area (Å²) >= 11 is 0. The highest BCUT2D eigenvalue weighted by Gasteiger charge is 2.37. The molecule has 31 heavy (non-hydrogen) atoms. The van der Waals surface area contributed by atoms with Gasteiger partial charge in [-0.1, -0.05) is 18.2 Å². The van der Waals surface area contributed by atoms with E-state index in [0.717, 1.165) is 48.2 Å². The Bertz CT molecular complexity index is 1120. The molecule has 8 heteroatoms. The summed E-state index contributed by atoms with van der Waals surface area (Å²) in [5.74, 6) is 0.197. The molecule has 2 bridgehead atoms. The van der Waals surface area contributed by atoms with Gasteiger partial charge >= 0.3 is 6.18 Å². The van der Waals surface area contributed by atoms with Crippen molar-refractivity contribution in [1.82, 2.24) is 15.2 Å². The second-order valence-corrected chi connectivity index (χ2v) is 8.24. The number of hydrogen-bond donors (Lipinski definition) is 2. The third-order valence-electron chi connectivity index (χ3n) is 5.92. The number of ether oxygens (including phenoxy) is 1. The molecule has 0 radical (unpaired) electrons. The molecule has 2 unspecified atom stereocenters. The van der Waals surface area contributed by atoms with Crippen molar-refractivity contribution < 1.29 is 17.9 Å². The molecule has 0 saturated carbocycles. The zero-order valence-corrected chi connectivity index (χ0v) is 17.0. The number of para-hydroxylation sites is 1. The highest BCUT2D eigenvalue weighted by atomic mass is 19.4.